The number of nitrogens with two attached hydrogens (primary N) is 1. The van der Waals surface area contributed by atoms with Gasteiger partial charge in [-0.05, 0) is 124 Å². The van der Waals surface area contributed by atoms with E-state index in [1.54, 1.807) is 72.8 Å². The van der Waals surface area contributed by atoms with Crippen molar-refractivity contribution in [2.24, 2.45) is 17.6 Å². The fourth-order valence-corrected chi connectivity index (χ4v) is 8.44. The maximum Gasteiger partial charge on any atom is 0.306 e. The lowest BCUT2D eigenvalue weighted by molar-refractivity contribution is -0.143. The van der Waals surface area contributed by atoms with E-state index in [1.807, 2.05) is 36.4 Å². The molecule has 8 rings (SSSR count). The van der Waals surface area contributed by atoms with Crippen LogP contribution in [0.15, 0.2) is 146 Å². The number of nitrogens with zero attached hydrogens (tertiary/aromatic N) is 2. The van der Waals surface area contributed by atoms with Gasteiger partial charge in [-0.3, -0.25) is 19.4 Å². The highest BCUT2D eigenvalue weighted by molar-refractivity contribution is 6.32. The average molecular weight is 988 g/mol. The lowest BCUT2D eigenvalue weighted by atomic mass is 9.93. The van der Waals surface area contributed by atoms with Crippen LogP contribution in [0.5, 0.6) is 11.5 Å². The zero-order valence-electron chi connectivity index (χ0n) is 38.0. The first-order valence-corrected chi connectivity index (χ1v) is 23.6. The Balaban J connectivity index is 0.000000188. The molecular weight excluding hydrogens is 932 g/mol. The quantitative estimate of drug-likeness (QED) is 0.0871. The van der Waals surface area contributed by atoms with E-state index in [2.05, 4.69) is 15.1 Å². The van der Waals surface area contributed by atoms with E-state index in [-0.39, 0.29) is 35.2 Å². The molecule has 0 radical (unpaired) electrons. The van der Waals surface area contributed by atoms with Gasteiger partial charge in [0.1, 0.15) is 48.0 Å². The number of carbonyl (C=O) groups excluding carboxylic acids is 1. The van der Waals surface area contributed by atoms with Gasteiger partial charge in [-0.1, -0.05) is 108 Å². The number of para-hydroxylation sites is 2. The van der Waals surface area contributed by atoms with E-state index in [4.69, 9.17) is 43.5 Å². The maximum absolute atomic E-state index is 14.6. The third-order valence-electron chi connectivity index (χ3n) is 12.1. The van der Waals surface area contributed by atoms with Crippen LogP contribution in [0.4, 0.5) is 17.6 Å². The Labute approximate surface area is 410 Å². The second-order valence-electron chi connectivity index (χ2n) is 16.7. The summed E-state index contributed by atoms with van der Waals surface area (Å²) >= 11 is 12.1. The lowest BCUT2D eigenvalue weighted by Crippen LogP contribution is -2.43. The van der Waals surface area contributed by atoms with E-state index >= 15 is 0 Å². The van der Waals surface area contributed by atoms with Gasteiger partial charge in [0.2, 0.25) is 5.91 Å². The van der Waals surface area contributed by atoms with Crippen molar-refractivity contribution < 1.29 is 41.7 Å². The van der Waals surface area contributed by atoms with E-state index < -0.39 is 23.9 Å². The molecular formula is C54H56Cl2F4N4O5. The summed E-state index contributed by atoms with van der Waals surface area (Å²) in [5.41, 5.74) is 7.99. The molecule has 2 fully saturated rings. The smallest absolute Gasteiger partial charge is 0.306 e. The van der Waals surface area contributed by atoms with Gasteiger partial charge in [0.05, 0.1) is 28.0 Å². The summed E-state index contributed by atoms with van der Waals surface area (Å²) < 4.78 is 65.6. The molecule has 0 aromatic heterocycles. The average Bonchev–Trinajstić information content (AvgIpc) is 3.36. The topological polar surface area (TPSA) is 117 Å². The van der Waals surface area contributed by atoms with Crippen LogP contribution in [0.2, 0.25) is 10.0 Å². The molecule has 2 saturated heterocycles. The van der Waals surface area contributed by atoms with Crippen molar-refractivity contribution in [1.29, 1.82) is 0 Å². The van der Waals surface area contributed by atoms with Gasteiger partial charge in [-0.15, -0.1) is 0 Å². The molecule has 4 N–H and O–H groups in total. The molecule has 0 aliphatic carbocycles. The Morgan fingerprint density at radius 1 is 0.580 bits per heavy atom. The first-order chi connectivity index (χ1) is 33.4. The molecule has 2 aliphatic rings. The van der Waals surface area contributed by atoms with E-state index in [0.717, 1.165) is 52.1 Å². The van der Waals surface area contributed by atoms with Crippen LogP contribution in [-0.2, 0) is 9.59 Å². The number of aliphatic carboxylic acids is 1. The maximum atomic E-state index is 14.6. The van der Waals surface area contributed by atoms with Crippen LogP contribution in [0.25, 0.3) is 0 Å². The molecule has 2 atom stereocenters. The second kappa shape index (κ2) is 26.7. The Morgan fingerprint density at radius 2 is 0.986 bits per heavy atom. The van der Waals surface area contributed by atoms with Gasteiger partial charge < -0.3 is 25.6 Å². The third kappa shape index (κ3) is 16.1. The molecule has 1 amide bonds. The summed E-state index contributed by atoms with van der Waals surface area (Å²) in [5.74, 6) is -1.25. The van der Waals surface area contributed by atoms with E-state index in [0.29, 0.717) is 69.9 Å². The van der Waals surface area contributed by atoms with Crippen LogP contribution >= 0.6 is 23.2 Å². The summed E-state index contributed by atoms with van der Waals surface area (Å²) in [6.07, 6.45) is 2.85. The van der Waals surface area contributed by atoms with Crippen molar-refractivity contribution >= 4 is 35.1 Å². The number of nitrogens with one attached hydrogen (secondary N) is 1. The highest BCUT2D eigenvalue weighted by Crippen LogP contribution is 2.29. The molecule has 2 aliphatic heterocycles. The van der Waals surface area contributed by atoms with Crippen molar-refractivity contribution in [3.05, 3.63) is 201 Å². The molecule has 2 heterocycles. The number of ether oxygens (including phenoxy) is 2. The zero-order valence-corrected chi connectivity index (χ0v) is 39.5. The van der Waals surface area contributed by atoms with Gasteiger partial charge in [0.15, 0.2) is 0 Å². The number of piperidine rings is 2. The fraction of sp³-hybridized carbons (Fsp3) is 0.296. The molecule has 15 heteroatoms. The molecule has 6 aromatic rings. The summed E-state index contributed by atoms with van der Waals surface area (Å²) in [6, 6.07) is 37.7. The predicted octanol–water partition coefficient (Wildman–Crippen LogP) is 11.1. The van der Waals surface area contributed by atoms with Gasteiger partial charge in [-0.2, -0.15) is 0 Å². The number of carbonyl (C=O) groups is 2. The first-order valence-electron chi connectivity index (χ1n) is 22.8. The Hall–Kier alpha value is -5.96. The SMILES string of the molecule is NC(c1ccc(F)cc1)c1ccccc1F.O=C(NC(c1ccc(F)cc1)c1ccccc1F)C1CCN(CCOc2ccccc2Cl)CC1.O=C(O)C1CCN(CCOc2ccccc2Cl)CC1. The van der Waals surface area contributed by atoms with Gasteiger partial charge >= 0.3 is 5.97 Å². The molecule has 6 aromatic carbocycles. The molecule has 0 bridgehead atoms. The highest BCUT2D eigenvalue weighted by Gasteiger charge is 2.29. The van der Waals surface area contributed by atoms with Gasteiger partial charge in [0.25, 0.3) is 0 Å². The van der Waals surface area contributed by atoms with Crippen molar-refractivity contribution in [3.8, 4) is 11.5 Å². The summed E-state index contributed by atoms with van der Waals surface area (Å²) in [6.45, 7) is 5.81. The number of likely N-dealkylation sites (tertiary alicyclic amines) is 2. The van der Waals surface area contributed by atoms with Gasteiger partial charge in [-0.25, -0.2) is 17.6 Å². The second-order valence-corrected chi connectivity index (χ2v) is 17.5. The third-order valence-corrected chi connectivity index (χ3v) is 12.7. The zero-order chi connectivity index (χ0) is 49.1. The molecule has 2 unspecified atom stereocenters. The van der Waals surface area contributed by atoms with Crippen molar-refractivity contribution in [1.82, 2.24) is 15.1 Å². The van der Waals surface area contributed by atoms with E-state index in [1.165, 1.54) is 36.4 Å². The van der Waals surface area contributed by atoms with Crippen LogP contribution in [-0.4, -0.2) is 79.3 Å². The minimum absolute atomic E-state index is 0.121. The van der Waals surface area contributed by atoms with Crippen LogP contribution < -0.4 is 20.5 Å². The Morgan fingerprint density at radius 3 is 1.43 bits per heavy atom. The minimum atomic E-state index is -0.684. The molecule has 0 spiro atoms. The summed E-state index contributed by atoms with van der Waals surface area (Å²) in [4.78, 5) is 28.4. The number of rotatable bonds is 15. The number of carboxylic acids is 1. The predicted molar refractivity (Wildman–Crippen MR) is 261 cm³/mol. The Kier molecular flexibility index (Phi) is 20.3. The Bertz CT molecular complexity index is 2540. The van der Waals surface area contributed by atoms with Crippen LogP contribution in [0, 0.1) is 35.1 Å². The van der Waals surface area contributed by atoms with E-state index in [9.17, 15) is 27.2 Å². The first kappa shape index (κ1) is 52.4. The monoisotopic (exact) mass is 986 g/mol. The number of benzene rings is 6. The molecule has 9 nitrogen and oxygen atoms in total. The van der Waals surface area contributed by atoms with Crippen molar-refractivity contribution in [2.75, 3.05) is 52.5 Å². The van der Waals surface area contributed by atoms with Gasteiger partial charge in [0, 0.05) is 30.1 Å². The fourth-order valence-electron chi connectivity index (χ4n) is 8.06. The van der Waals surface area contributed by atoms with Crippen molar-refractivity contribution in [2.45, 2.75) is 37.8 Å². The van der Waals surface area contributed by atoms with Crippen molar-refractivity contribution in [3.63, 3.8) is 0 Å². The molecule has 69 heavy (non-hydrogen) atoms. The largest absolute Gasteiger partial charge is 0.491 e. The minimum Gasteiger partial charge on any atom is -0.491 e. The normalized spacial score (nSPS) is 15.3. The number of carboxylic acid groups (broad SMARTS) is 1. The lowest BCUT2D eigenvalue weighted by Gasteiger charge is -2.32. The highest BCUT2D eigenvalue weighted by atomic mass is 35.5. The number of hydrogen-bond donors (Lipinski definition) is 3. The standard InChI is InChI=1S/C27H27ClF2N2O2.C14H18ClNO3.C13H11F2N/c28-23-6-2-4-8-25(23)34-18-17-32-15-13-20(14-16-32)27(33)31-26(19-9-11-21(29)12-10-19)22-5-1-3-7-24(22)30;15-12-3-1-2-4-13(12)19-10-9-16-7-5-11(6-8-16)14(17)18;14-10-7-5-9(6-8-10)13(16)11-3-1-2-4-12(11)15/h1-12,20,26H,13-18H2,(H,31,33);1-4,11H,5-10H2,(H,17,18);1-8,13H,16H2. The molecule has 364 valence electrons. The molecule has 0 saturated carbocycles. The number of hydrogen-bond acceptors (Lipinski definition) is 7. The van der Waals surface area contributed by atoms with Crippen LogP contribution in [0.3, 0.4) is 0 Å². The number of halogens is 6. The summed E-state index contributed by atoms with van der Waals surface area (Å²) in [5, 5.41) is 13.1. The summed E-state index contributed by atoms with van der Waals surface area (Å²) in [7, 11) is 0. The number of amides is 1. The van der Waals surface area contributed by atoms with Crippen LogP contribution in [0.1, 0.15) is 60.0 Å².